The first-order valence-corrected chi connectivity index (χ1v) is 19.8. The van der Waals surface area contributed by atoms with Crippen molar-refractivity contribution in [2.45, 2.75) is 252 Å². The van der Waals surface area contributed by atoms with E-state index in [1.54, 1.807) is 0 Å². The van der Waals surface area contributed by atoms with Crippen LogP contribution >= 0.6 is 0 Å². The molecular formula is C40H82. The van der Waals surface area contributed by atoms with Crippen molar-refractivity contribution in [3.8, 4) is 0 Å². The van der Waals surface area contributed by atoms with Gasteiger partial charge < -0.3 is 0 Å². The molecule has 1 unspecified atom stereocenters. The molecule has 0 rings (SSSR count). The number of hydrogen-bond acceptors (Lipinski definition) is 0. The van der Waals surface area contributed by atoms with E-state index >= 15 is 0 Å². The predicted molar refractivity (Wildman–Crippen MR) is 187 cm³/mol. The minimum atomic E-state index is 0.966. The normalized spacial score (nSPS) is 12.4. The Balaban J connectivity index is 3.13. The van der Waals surface area contributed by atoms with Gasteiger partial charge in [-0.15, -0.1) is 0 Å². The third-order valence-electron chi connectivity index (χ3n) is 9.60. The molecule has 0 bridgehead atoms. The first kappa shape index (κ1) is 40.0. The molecule has 0 heteroatoms. The highest BCUT2D eigenvalue weighted by Crippen LogP contribution is 2.20. The van der Waals surface area contributed by atoms with Crippen LogP contribution in [0.4, 0.5) is 0 Å². The van der Waals surface area contributed by atoms with Crippen LogP contribution < -0.4 is 0 Å². The van der Waals surface area contributed by atoms with Gasteiger partial charge in [0, 0.05) is 0 Å². The van der Waals surface area contributed by atoms with Gasteiger partial charge in [-0.05, 0) is 5.92 Å². The monoisotopic (exact) mass is 563 g/mol. The minimum Gasteiger partial charge on any atom is -0.0654 e. The highest BCUT2D eigenvalue weighted by Gasteiger charge is 2.02. The van der Waals surface area contributed by atoms with Gasteiger partial charge in [-0.25, -0.2) is 0 Å². The van der Waals surface area contributed by atoms with Gasteiger partial charge in [0.25, 0.3) is 0 Å². The zero-order valence-corrected chi connectivity index (χ0v) is 29.0. The number of unbranched alkanes of at least 4 members (excludes halogenated alkanes) is 32. The molecule has 0 aromatic rings. The lowest BCUT2D eigenvalue weighted by Crippen LogP contribution is -1.95. The predicted octanol–water partition coefficient (Wildman–Crippen LogP) is 15.7. The zero-order valence-electron chi connectivity index (χ0n) is 29.0. The maximum absolute atomic E-state index is 2.51. The molecule has 0 saturated heterocycles. The quantitative estimate of drug-likeness (QED) is 0.0666. The smallest absolute Gasteiger partial charge is 0.0443 e. The van der Waals surface area contributed by atoms with Crippen molar-refractivity contribution >= 4 is 0 Å². The molecule has 0 aliphatic heterocycles. The lowest BCUT2D eigenvalue weighted by Gasteiger charge is -2.11. The summed E-state index contributed by atoms with van der Waals surface area (Å²) in [5.41, 5.74) is 0. The fourth-order valence-electron chi connectivity index (χ4n) is 6.58. The van der Waals surface area contributed by atoms with E-state index in [0.29, 0.717) is 0 Å². The molecule has 0 heterocycles. The summed E-state index contributed by atoms with van der Waals surface area (Å²) in [5, 5.41) is 0. The molecule has 0 aromatic heterocycles. The molecule has 0 saturated carbocycles. The van der Waals surface area contributed by atoms with Crippen molar-refractivity contribution < 1.29 is 0 Å². The Kier molecular flexibility index (Phi) is 37.0. The summed E-state index contributed by atoms with van der Waals surface area (Å²) in [6, 6.07) is 0. The van der Waals surface area contributed by atoms with E-state index in [2.05, 4.69) is 20.8 Å². The summed E-state index contributed by atoms with van der Waals surface area (Å²) in [6.07, 6.45) is 53.2. The summed E-state index contributed by atoms with van der Waals surface area (Å²) < 4.78 is 0. The molecule has 0 nitrogen and oxygen atoms in total. The van der Waals surface area contributed by atoms with E-state index in [-0.39, 0.29) is 0 Å². The van der Waals surface area contributed by atoms with Crippen molar-refractivity contribution in [2.75, 3.05) is 0 Å². The third kappa shape index (κ3) is 36.0. The summed E-state index contributed by atoms with van der Waals surface area (Å²) in [4.78, 5) is 0. The minimum absolute atomic E-state index is 0.966. The van der Waals surface area contributed by atoms with Crippen molar-refractivity contribution in [1.82, 2.24) is 0 Å². The lowest BCUT2D eigenvalue weighted by molar-refractivity contribution is 0.429. The van der Waals surface area contributed by atoms with E-state index < -0.39 is 0 Å². The van der Waals surface area contributed by atoms with Crippen molar-refractivity contribution in [1.29, 1.82) is 0 Å². The zero-order chi connectivity index (χ0) is 29.0. The Morgan fingerprint density at radius 1 is 0.225 bits per heavy atom. The van der Waals surface area contributed by atoms with Gasteiger partial charge in [0.05, 0.1) is 0 Å². The van der Waals surface area contributed by atoms with Crippen LogP contribution in [0.3, 0.4) is 0 Å². The van der Waals surface area contributed by atoms with E-state index in [1.165, 1.54) is 231 Å². The SMILES string of the molecule is CCCCCCCCCCCCCCCCCCCCCCC(C)CCCCCCCCCCCCCCCC. The van der Waals surface area contributed by atoms with Crippen LogP contribution in [0.15, 0.2) is 0 Å². The molecule has 0 radical (unpaired) electrons. The first-order valence-electron chi connectivity index (χ1n) is 19.8. The van der Waals surface area contributed by atoms with E-state index in [9.17, 15) is 0 Å². The average molecular weight is 563 g/mol. The largest absolute Gasteiger partial charge is 0.0654 e. The second-order valence-corrected chi connectivity index (χ2v) is 14.0. The molecule has 40 heavy (non-hydrogen) atoms. The number of rotatable bonds is 36. The fourth-order valence-corrected chi connectivity index (χ4v) is 6.58. The van der Waals surface area contributed by atoms with Crippen LogP contribution in [-0.4, -0.2) is 0 Å². The summed E-state index contributed by atoms with van der Waals surface area (Å²) in [6.45, 7) is 7.13. The van der Waals surface area contributed by atoms with Gasteiger partial charge >= 0.3 is 0 Å². The average Bonchev–Trinajstić information content (AvgIpc) is 2.96. The molecule has 0 aliphatic rings. The van der Waals surface area contributed by atoms with Crippen LogP contribution in [0.1, 0.15) is 252 Å². The molecule has 0 amide bonds. The van der Waals surface area contributed by atoms with Gasteiger partial charge in [0.1, 0.15) is 0 Å². The molecular weight excluding hydrogens is 480 g/mol. The van der Waals surface area contributed by atoms with Crippen LogP contribution in [-0.2, 0) is 0 Å². The van der Waals surface area contributed by atoms with E-state index in [1.807, 2.05) is 0 Å². The van der Waals surface area contributed by atoms with Crippen LogP contribution in [0.5, 0.6) is 0 Å². The highest BCUT2D eigenvalue weighted by atomic mass is 14.1. The second kappa shape index (κ2) is 37.0. The Morgan fingerprint density at radius 3 is 0.550 bits per heavy atom. The van der Waals surface area contributed by atoms with Gasteiger partial charge in [-0.3, -0.25) is 0 Å². The van der Waals surface area contributed by atoms with Gasteiger partial charge in [0.2, 0.25) is 0 Å². The lowest BCUT2D eigenvalue weighted by atomic mass is 9.95. The van der Waals surface area contributed by atoms with Gasteiger partial charge in [-0.2, -0.15) is 0 Å². The van der Waals surface area contributed by atoms with Crippen molar-refractivity contribution in [3.63, 3.8) is 0 Å². The first-order chi connectivity index (χ1) is 19.8. The summed E-state index contributed by atoms with van der Waals surface area (Å²) >= 11 is 0. The van der Waals surface area contributed by atoms with Crippen LogP contribution in [0.2, 0.25) is 0 Å². The van der Waals surface area contributed by atoms with E-state index in [0.717, 1.165) is 5.92 Å². The molecule has 0 spiro atoms. The number of hydrogen-bond donors (Lipinski definition) is 0. The topological polar surface area (TPSA) is 0 Å². The van der Waals surface area contributed by atoms with Crippen LogP contribution in [0.25, 0.3) is 0 Å². The molecule has 242 valence electrons. The molecule has 0 aliphatic carbocycles. The third-order valence-corrected chi connectivity index (χ3v) is 9.60. The fraction of sp³-hybridized carbons (Fsp3) is 1.00. The standard InChI is InChI=1S/C40H82/c1-4-6-8-10-12-14-16-18-20-21-22-23-24-25-27-29-31-33-35-37-39-40(3)38-36-34-32-30-28-26-19-17-15-13-11-9-7-5-2/h40H,4-39H2,1-3H3. The highest BCUT2D eigenvalue weighted by molar-refractivity contribution is 4.57. The Morgan fingerprint density at radius 2 is 0.375 bits per heavy atom. The summed E-state index contributed by atoms with van der Waals surface area (Å²) in [7, 11) is 0. The van der Waals surface area contributed by atoms with Crippen molar-refractivity contribution in [3.05, 3.63) is 0 Å². The molecule has 0 fully saturated rings. The van der Waals surface area contributed by atoms with Gasteiger partial charge in [-0.1, -0.05) is 252 Å². The van der Waals surface area contributed by atoms with E-state index in [4.69, 9.17) is 0 Å². The van der Waals surface area contributed by atoms with Crippen molar-refractivity contribution in [2.24, 2.45) is 5.92 Å². The maximum Gasteiger partial charge on any atom is -0.0443 e. The molecule has 1 atom stereocenters. The molecule has 0 aromatic carbocycles. The molecule has 0 N–H and O–H groups in total. The van der Waals surface area contributed by atoms with Gasteiger partial charge in [0.15, 0.2) is 0 Å². The summed E-state index contributed by atoms with van der Waals surface area (Å²) in [5.74, 6) is 0.966. The Labute approximate surface area is 257 Å². The van der Waals surface area contributed by atoms with Crippen LogP contribution in [0, 0.1) is 5.92 Å². The Hall–Kier alpha value is 0. The Bertz CT molecular complexity index is 412. The maximum atomic E-state index is 2.51. The second-order valence-electron chi connectivity index (χ2n) is 14.0.